The normalized spacial score (nSPS) is 16.9. The molecule has 1 saturated heterocycles. The second-order valence-corrected chi connectivity index (χ2v) is 2.81. The number of amides is 1. The van der Waals surface area contributed by atoms with Crippen molar-refractivity contribution in [2.24, 2.45) is 5.73 Å². The molecule has 0 aliphatic carbocycles. The van der Waals surface area contributed by atoms with E-state index in [-0.39, 0.29) is 30.7 Å². The van der Waals surface area contributed by atoms with Crippen LogP contribution in [0.1, 0.15) is 6.42 Å². The monoisotopic (exact) mass is 229 g/mol. The first kappa shape index (κ1) is 15.4. The zero-order valence-electron chi connectivity index (χ0n) is 7.49. The number of nitrogens with zero attached hydrogens (tertiary/aromatic N) is 1. The minimum atomic E-state index is -0.205. The lowest BCUT2D eigenvalue weighted by atomic mass is 10.3. The number of hydrogen-bond donors (Lipinski definition) is 2. The molecule has 0 spiro atoms. The van der Waals surface area contributed by atoms with E-state index in [1.807, 2.05) is 0 Å². The number of carbonyl (C=O) groups is 1. The maximum Gasteiger partial charge on any atom is 0.218 e. The maximum atomic E-state index is 10.4. The Labute approximate surface area is 91.0 Å². The smallest absolute Gasteiger partial charge is 0.218 e. The van der Waals surface area contributed by atoms with Crippen molar-refractivity contribution in [3.63, 3.8) is 0 Å². The maximum absolute atomic E-state index is 10.4. The van der Waals surface area contributed by atoms with Crippen LogP contribution < -0.4 is 11.1 Å². The van der Waals surface area contributed by atoms with E-state index in [9.17, 15) is 4.79 Å². The number of nitrogens with two attached hydrogens (primary N) is 1. The molecule has 0 bridgehead atoms. The van der Waals surface area contributed by atoms with Crippen LogP contribution in [0.15, 0.2) is 0 Å². The predicted molar refractivity (Wildman–Crippen MR) is 57.6 cm³/mol. The molecule has 13 heavy (non-hydrogen) atoms. The van der Waals surface area contributed by atoms with Gasteiger partial charge in [0.2, 0.25) is 5.91 Å². The van der Waals surface area contributed by atoms with E-state index in [0.29, 0.717) is 6.42 Å². The molecule has 1 amide bonds. The van der Waals surface area contributed by atoms with Gasteiger partial charge in [0, 0.05) is 39.1 Å². The lowest BCUT2D eigenvalue weighted by Crippen LogP contribution is -2.44. The Morgan fingerprint density at radius 1 is 1.31 bits per heavy atom. The standard InChI is InChI=1S/C7H15N3O.2ClH/c8-7(11)1-4-10-5-2-9-3-6-10;;/h9H,1-6H2,(H2,8,11);2*1H. The van der Waals surface area contributed by atoms with Crippen LogP contribution in [-0.4, -0.2) is 43.5 Å². The molecule has 4 nitrogen and oxygen atoms in total. The fourth-order valence-electron chi connectivity index (χ4n) is 1.20. The first-order valence-electron chi connectivity index (χ1n) is 4.00. The highest BCUT2D eigenvalue weighted by atomic mass is 35.5. The summed E-state index contributed by atoms with van der Waals surface area (Å²) in [6.45, 7) is 4.94. The van der Waals surface area contributed by atoms with E-state index in [0.717, 1.165) is 32.7 Å². The van der Waals surface area contributed by atoms with Crippen molar-refractivity contribution in [2.75, 3.05) is 32.7 Å². The number of hydrogen-bond acceptors (Lipinski definition) is 3. The van der Waals surface area contributed by atoms with E-state index < -0.39 is 0 Å². The Hall–Kier alpha value is -0.0300. The van der Waals surface area contributed by atoms with Gasteiger partial charge < -0.3 is 16.0 Å². The molecular weight excluding hydrogens is 213 g/mol. The van der Waals surface area contributed by atoms with E-state index in [2.05, 4.69) is 10.2 Å². The van der Waals surface area contributed by atoms with Gasteiger partial charge in [-0.3, -0.25) is 4.79 Å². The summed E-state index contributed by atoms with van der Waals surface area (Å²) >= 11 is 0. The minimum absolute atomic E-state index is 0. The molecule has 0 aromatic carbocycles. The molecule has 6 heteroatoms. The Kier molecular flexibility index (Phi) is 10.2. The average molecular weight is 230 g/mol. The second kappa shape index (κ2) is 8.56. The van der Waals surface area contributed by atoms with Gasteiger partial charge in [-0.25, -0.2) is 0 Å². The van der Waals surface area contributed by atoms with E-state index >= 15 is 0 Å². The quantitative estimate of drug-likeness (QED) is 0.694. The van der Waals surface area contributed by atoms with Crippen LogP contribution in [0.25, 0.3) is 0 Å². The molecule has 1 rings (SSSR count). The van der Waals surface area contributed by atoms with Crippen LogP contribution in [0.2, 0.25) is 0 Å². The fourth-order valence-corrected chi connectivity index (χ4v) is 1.20. The molecule has 0 aromatic rings. The fraction of sp³-hybridized carbons (Fsp3) is 0.857. The van der Waals surface area contributed by atoms with E-state index in [1.54, 1.807) is 0 Å². The van der Waals surface area contributed by atoms with Gasteiger partial charge in [-0.15, -0.1) is 24.8 Å². The van der Waals surface area contributed by atoms with E-state index in [1.165, 1.54) is 0 Å². The second-order valence-electron chi connectivity index (χ2n) is 2.81. The van der Waals surface area contributed by atoms with Crippen LogP contribution >= 0.6 is 24.8 Å². The molecule has 80 valence electrons. The van der Waals surface area contributed by atoms with Crippen molar-refractivity contribution >= 4 is 30.7 Å². The topological polar surface area (TPSA) is 58.4 Å². The molecule has 0 saturated carbocycles. The highest BCUT2D eigenvalue weighted by Crippen LogP contribution is 1.92. The zero-order chi connectivity index (χ0) is 8.10. The molecule has 0 aromatic heterocycles. The molecule has 1 aliphatic rings. The molecule has 1 aliphatic heterocycles. The third kappa shape index (κ3) is 7.07. The number of halogens is 2. The van der Waals surface area contributed by atoms with Crippen LogP contribution in [0, 0.1) is 0 Å². The molecule has 1 heterocycles. The molecule has 3 N–H and O–H groups in total. The molecule has 0 unspecified atom stereocenters. The Morgan fingerprint density at radius 2 is 1.85 bits per heavy atom. The van der Waals surface area contributed by atoms with Gasteiger partial charge in [-0.05, 0) is 0 Å². The van der Waals surface area contributed by atoms with Gasteiger partial charge in [0.15, 0.2) is 0 Å². The van der Waals surface area contributed by atoms with Crippen molar-refractivity contribution < 1.29 is 4.79 Å². The Bertz CT molecular complexity index is 140. The largest absolute Gasteiger partial charge is 0.370 e. The number of carbonyl (C=O) groups excluding carboxylic acids is 1. The van der Waals surface area contributed by atoms with Crippen molar-refractivity contribution in [1.29, 1.82) is 0 Å². The molecule has 1 fully saturated rings. The summed E-state index contributed by atoms with van der Waals surface area (Å²) in [6.07, 6.45) is 0.486. The predicted octanol–water partition coefficient (Wildman–Crippen LogP) is -0.389. The lowest BCUT2D eigenvalue weighted by molar-refractivity contribution is -0.118. The number of rotatable bonds is 3. The van der Waals surface area contributed by atoms with Crippen LogP contribution in [0.5, 0.6) is 0 Å². The summed E-state index contributed by atoms with van der Waals surface area (Å²) in [7, 11) is 0. The third-order valence-electron chi connectivity index (χ3n) is 1.88. The van der Waals surface area contributed by atoms with Gasteiger partial charge in [-0.1, -0.05) is 0 Å². The summed E-state index contributed by atoms with van der Waals surface area (Å²) in [5, 5.41) is 3.24. The highest BCUT2D eigenvalue weighted by Gasteiger charge is 2.09. The van der Waals surface area contributed by atoms with Gasteiger partial charge in [0.05, 0.1) is 0 Å². The van der Waals surface area contributed by atoms with Crippen LogP contribution in [0.3, 0.4) is 0 Å². The third-order valence-corrected chi connectivity index (χ3v) is 1.88. The number of piperazine rings is 1. The van der Waals surface area contributed by atoms with Crippen LogP contribution in [0.4, 0.5) is 0 Å². The summed E-state index contributed by atoms with van der Waals surface area (Å²) in [6, 6.07) is 0. The molecule has 0 atom stereocenters. The minimum Gasteiger partial charge on any atom is -0.370 e. The summed E-state index contributed by atoms with van der Waals surface area (Å²) in [4.78, 5) is 12.7. The van der Waals surface area contributed by atoms with Crippen molar-refractivity contribution in [1.82, 2.24) is 10.2 Å². The summed E-state index contributed by atoms with van der Waals surface area (Å²) in [5.74, 6) is -0.205. The van der Waals surface area contributed by atoms with Gasteiger partial charge in [-0.2, -0.15) is 0 Å². The average Bonchev–Trinajstić information content (AvgIpc) is 2.03. The van der Waals surface area contributed by atoms with Crippen molar-refractivity contribution in [2.45, 2.75) is 6.42 Å². The SMILES string of the molecule is Cl.Cl.NC(=O)CCN1CCNCC1. The highest BCUT2D eigenvalue weighted by molar-refractivity contribution is 5.85. The first-order valence-corrected chi connectivity index (χ1v) is 4.00. The first-order chi connectivity index (χ1) is 5.29. The lowest BCUT2D eigenvalue weighted by Gasteiger charge is -2.26. The zero-order valence-corrected chi connectivity index (χ0v) is 9.12. The van der Waals surface area contributed by atoms with E-state index in [4.69, 9.17) is 5.73 Å². The Balaban J connectivity index is 0. The molecule has 0 radical (unpaired) electrons. The van der Waals surface area contributed by atoms with Gasteiger partial charge in [0.25, 0.3) is 0 Å². The van der Waals surface area contributed by atoms with Crippen molar-refractivity contribution in [3.05, 3.63) is 0 Å². The van der Waals surface area contributed by atoms with Gasteiger partial charge in [0.1, 0.15) is 0 Å². The van der Waals surface area contributed by atoms with Crippen molar-refractivity contribution in [3.8, 4) is 0 Å². The summed E-state index contributed by atoms with van der Waals surface area (Å²) < 4.78 is 0. The van der Waals surface area contributed by atoms with Crippen LogP contribution in [-0.2, 0) is 4.79 Å². The number of primary amides is 1. The van der Waals surface area contributed by atoms with Gasteiger partial charge >= 0.3 is 0 Å². The molecular formula is C7H17Cl2N3O. The number of nitrogens with one attached hydrogen (secondary N) is 1. The Morgan fingerprint density at radius 3 is 2.31 bits per heavy atom. The summed E-state index contributed by atoms with van der Waals surface area (Å²) in [5.41, 5.74) is 5.03.